The van der Waals surface area contributed by atoms with Gasteiger partial charge in [-0.3, -0.25) is 0 Å². The molecule has 0 aliphatic rings. The summed E-state index contributed by atoms with van der Waals surface area (Å²) in [4.78, 5) is 0. The Hall–Kier alpha value is -1.80. The molecule has 2 N–H and O–H groups in total. The first-order valence-electron chi connectivity index (χ1n) is 6.64. The van der Waals surface area contributed by atoms with E-state index in [1.165, 1.54) is 5.39 Å². The molecule has 0 radical (unpaired) electrons. The standard InChI is InChI=1S/C17H21NO/c1-12(2)10-11-19-17-15(13(3)18)9-8-14-6-4-5-7-16(14)17/h4-9,13H,1,10-11,18H2,2-3H3. The zero-order valence-electron chi connectivity index (χ0n) is 11.6. The second kappa shape index (κ2) is 5.89. The first-order chi connectivity index (χ1) is 9.09. The van der Waals surface area contributed by atoms with Crippen LogP contribution in [0, 0.1) is 0 Å². The van der Waals surface area contributed by atoms with Crippen LogP contribution in [0.4, 0.5) is 0 Å². The Bertz CT molecular complexity index is 587. The van der Waals surface area contributed by atoms with Crippen LogP contribution in [0.5, 0.6) is 5.75 Å². The van der Waals surface area contributed by atoms with E-state index in [2.05, 4.69) is 30.8 Å². The number of ether oxygens (including phenoxy) is 1. The number of benzene rings is 2. The zero-order valence-corrected chi connectivity index (χ0v) is 11.6. The largest absolute Gasteiger partial charge is 0.492 e. The van der Waals surface area contributed by atoms with Gasteiger partial charge in [0.2, 0.25) is 0 Å². The van der Waals surface area contributed by atoms with E-state index in [1.807, 2.05) is 26.0 Å². The van der Waals surface area contributed by atoms with Crippen LogP contribution in [0.3, 0.4) is 0 Å². The van der Waals surface area contributed by atoms with E-state index in [-0.39, 0.29) is 6.04 Å². The maximum atomic E-state index is 6.04. The van der Waals surface area contributed by atoms with E-state index < -0.39 is 0 Å². The van der Waals surface area contributed by atoms with Crippen molar-refractivity contribution in [1.29, 1.82) is 0 Å². The number of hydrogen-bond acceptors (Lipinski definition) is 2. The van der Waals surface area contributed by atoms with Gasteiger partial charge in [-0.05, 0) is 19.2 Å². The molecule has 0 saturated heterocycles. The van der Waals surface area contributed by atoms with Crippen LogP contribution in [0.1, 0.15) is 31.9 Å². The fourth-order valence-corrected chi connectivity index (χ4v) is 2.11. The molecule has 0 heterocycles. The smallest absolute Gasteiger partial charge is 0.131 e. The minimum Gasteiger partial charge on any atom is -0.492 e. The topological polar surface area (TPSA) is 35.2 Å². The van der Waals surface area contributed by atoms with Gasteiger partial charge in [-0.1, -0.05) is 42.0 Å². The van der Waals surface area contributed by atoms with Gasteiger partial charge in [0, 0.05) is 23.4 Å². The Morgan fingerprint density at radius 1 is 1.26 bits per heavy atom. The average Bonchev–Trinajstić information content (AvgIpc) is 2.38. The summed E-state index contributed by atoms with van der Waals surface area (Å²) in [5, 5.41) is 2.30. The van der Waals surface area contributed by atoms with Crippen LogP contribution in [-0.4, -0.2) is 6.61 Å². The van der Waals surface area contributed by atoms with Gasteiger partial charge in [0.25, 0.3) is 0 Å². The highest BCUT2D eigenvalue weighted by Gasteiger charge is 2.11. The average molecular weight is 255 g/mol. The fraction of sp³-hybridized carbons (Fsp3) is 0.294. The van der Waals surface area contributed by atoms with E-state index in [4.69, 9.17) is 10.5 Å². The quantitative estimate of drug-likeness (QED) is 0.812. The molecule has 0 aliphatic heterocycles. The molecule has 2 aromatic rings. The van der Waals surface area contributed by atoms with E-state index in [9.17, 15) is 0 Å². The Morgan fingerprint density at radius 2 is 2.00 bits per heavy atom. The van der Waals surface area contributed by atoms with Crippen molar-refractivity contribution in [1.82, 2.24) is 0 Å². The lowest BCUT2D eigenvalue weighted by Gasteiger charge is -2.16. The summed E-state index contributed by atoms with van der Waals surface area (Å²) in [7, 11) is 0. The predicted molar refractivity (Wildman–Crippen MR) is 81.5 cm³/mol. The van der Waals surface area contributed by atoms with Gasteiger partial charge in [-0.15, -0.1) is 6.58 Å². The summed E-state index contributed by atoms with van der Waals surface area (Å²) < 4.78 is 5.98. The summed E-state index contributed by atoms with van der Waals surface area (Å²) in [6.45, 7) is 8.54. The first-order valence-corrected chi connectivity index (χ1v) is 6.64. The van der Waals surface area contributed by atoms with Crippen LogP contribution in [-0.2, 0) is 0 Å². The third-order valence-corrected chi connectivity index (χ3v) is 3.18. The molecular weight excluding hydrogens is 234 g/mol. The summed E-state index contributed by atoms with van der Waals surface area (Å²) in [5.74, 6) is 0.911. The third kappa shape index (κ3) is 3.15. The van der Waals surface area contributed by atoms with E-state index in [0.29, 0.717) is 6.61 Å². The number of nitrogens with two attached hydrogens (primary N) is 1. The Kier molecular flexibility index (Phi) is 4.23. The van der Waals surface area contributed by atoms with Crippen molar-refractivity contribution >= 4 is 10.8 Å². The lowest BCUT2D eigenvalue weighted by molar-refractivity contribution is 0.321. The maximum absolute atomic E-state index is 6.04. The molecule has 2 nitrogen and oxygen atoms in total. The summed E-state index contributed by atoms with van der Waals surface area (Å²) in [5.41, 5.74) is 8.22. The summed E-state index contributed by atoms with van der Waals surface area (Å²) in [6.07, 6.45) is 0.863. The van der Waals surface area contributed by atoms with Gasteiger partial charge in [-0.25, -0.2) is 0 Å². The monoisotopic (exact) mass is 255 g/mol. The number of hydrogen-bond donors (Lipinski definition) is 1. The first kappa shape index (κ1) is 13.6. The lowest BCUT2D eigenvalue weighted by Crippen LogP contribution is -2.09. The van der Waals surface area contributed by atoms with Gasteiger partial charge in [0.05, 0.1) is 6.61 Å². The molecule has 0 aromatic heterocycles. The summed E-state index contributed by atoms with van der Waals surface area (Å²) in [6, 6.07) is 12.3. The zero-order chi connectivity index (χ0) is 13.8. The van der Waals surface area contributed by atoms with Gasteiger partial charge >= 0.3 is 0 Å². The molecule has 0 fully saturated rings. The van der Waals surface area contributed by atoms with Crippen molar-refractivity contribution in [3.05, 3.63) is 54.1 Å². The van der Waals surface area contributed by atoms with Crippen LogP contribution < -0.4 is 10.5 Å². The molecule has 19 heavy (non-hydrogen) atoms. The van der Waals surface area contributed by atoms with Crippen LogP contribution in [0.25, 0.3) is 10.8 Å². The molecule has 2 aromatic carbocycles. The summed E-state index contributed by atoms with van der Waals surface area (Å²) >= 11 is 0. The minimum atomic E-state index is -0.0376. The van der Waals surface area contributed by atoms with Crippen molar-refractivity contribution in [3.8, 4) is 5.75 Å². The second-order valence-electron chi connectivity index (χ2n) is 5.05. The molecule has 0 amide bonds. The van der Waals surface area contributed by atoms with E-state index in [1.54, 1.807) is 0 Å². The van der Waals surface area contributed by atoms with Crippen molar-refractivity contribution < 1.29 is 4.74 Å². The number of rotatable bonds is 5. The lowest BCUT2D eigenvalue weighted by atomic mass is 10.0. The molecule has 1 unspecified atom stereocenters. The molecule has 1 atom stereocenters. The van der Waals surface area contributed by atoms with Gasteiger partial charge in [-0.2, -0.15) is 0 Å². The van der Waals surface area contributed by atoms with Gasteiger partial charge in [0.15, 0.2) is 0 Å². The van der Waals surface area contributed by atoms with Crippen molar-refractivity contribution in [3.63, 3.8) is 0 Å². The van der Waals surface area contributed by atoms with E-state index in [0.717, 1.165) is 28.7 Å². The molecule has 2 rings (SSSR count). The molecule has 0 bridgehead atoms. The molecule has 2 heteroatoms. The minimum absolute atomic E-state index is 0.0376. The SMILES string of the molecule is C=C(C)CCOc1c(C(C)N)ccc2ccccc12. The third-order valence-electron chi connectivity index (χ3n) is 3.18. The van der Waals surface area contributed by atoms with Crippen molar-refractivity contribution in [2.75, 3.05) is 6.61 Å². The highest BCUT2D eigenvalue weighted by atomic mass is 16.5. The van der Waals surface area contributed by atoms with Gasteiger partial charge in [0.1, 0.15) is 5.75 Å². The highest BCUT2D eigenvalue weighted by Crippen LogP contribution is 2.33. The Balaban J connectivity index is 2.40. The molecule has 0 spiro atoms. The van der Waals surface area contributed by atoms with E-state index >= 15 is 0 Å². The van der Waals surface area contributed by atoms with Crippen LogP contribution in [0.2, 0.25) is 0 Å². The Labute approximate surface area is 114 Å². The Morgan fingerprint density at radius 3 is 2.68 bits per heavy atom. The number of fused-ring (bicyclic) bond motifs is 1. The van der Waals surface area contributed by atoms with Crippen molar-refractivity contribution in [2.24, 2.45) is 5.73 Å². The predicted octanol–water partition coefficient (Wildman–Crippen LogP) is 4.20. The van der Waals surface area contributed by atoms with Crippen molar-refractivity contribution in [2.45, 2.75) is 26.3 Å². The van der Waals surface area contributed by atoms with Crippen LogP contribution in [0.15, 0.2) is 48.6 Å². The normalized spacial score (nSPS) is 12.4. The maximum Gasteiger partial charge on any atom is 0.131 e. The molecule has 0 aliphatic carbocycles. The fourth-order valence-electron chi connectivity index (χ4n) is 2.11. The van der Waals surface area contributed by atoms with Crippen LogP contribution >= 0.6 is 0 Å². The molecule has 100 valence electrons. The highest BCUT2D eigenvalue weighted by molar-refractivity contribution is 5.89. The molecular formula is C17H21NO. The van der Waals surface area contributed by atoms with Gasteiger partial charge < -0.3 is 10.5 Å². The second-order valence-corrected chi connectivity index (χ2v) is 5.05. The molecule has 0 saturated carbocycles.